The number of carboxylic acid groups (broad SMARTS) is 1. The van der Waals surface area contributed by atoms with Gasteiger partial charge in [0, 0.05) is 6.92 Å². The monoisotopic (exact) mass is 325 g/mol. The molecule has 126 valence electrons. The molecule has 0 saturated carbocycles. The summed E-state index contributed by atoms with van der Waals surface area (Å²) in [6.45, 7) is 0.675. The summed E-state index contributed by atoms with van der Waals surface area (Å²) in [5, 5.41) is 41.3. The van der Waals surface area contributed by atoms with Gasteiger partial charge in [-0.1, -0.05) is 18.2 Å². The maximum Gasteiger partial charge on any atom is 0.336 e. The molecule has 1 heterocycles. The van der Waals surface area contributed by atoms with Crippen LogP contribution in [-0.2, 0) is 9.53 Å². The molecule has 1 aromatic carbocycles. The van der Waals surface area contributed by atoms with Crippen molar-refractivity contribution in [1.29, 1.82) is 0 Å². The van der Waals surface area contributed by atoms with Crippen LogP contribution in [0.25, 0.3) is 0 Å². The van der Waals surface area contributed by atoms with Gasteiger partial charge >= 0.3 is 5.97 Å². The number of aliphatic hydroxyl groups is 3. The van der Waals surface area contributed by atoms with Crippen molar-refractivity contribution in [2.24, 2.45) is 0 Å². The second-order valence-corrected chi connectivity index (χ2v) is 5.38. The number of carbonyl (C=O) groups is 2. The van der Waals surface area contributed by atoms with Gasteiger partial charge in [-0.3, -0.25) is 4.79 Å². The van der Waals surface area contributed by atoms with Crippen LogP contribution < -0.4 is 5.32 Å². The second-order valence-electron chi connectivity index (χ2n) is 5.38. The summed E-state index contributed by atoms with van der Waals surface area (Å²) in [6.07, 6.45) is -4.95. The molecule has 0 aliphatic carbocycles. The maximum absolute atomic E-state index is 11.4. The lowest BCUT2D eigenvalue weighted by Gasteiger charge is -2.43. The van der Waals surface area contributed by atoms with Gasteiger partial charge in [-0.25, -0.2) is 4.79 Å². The fraction of sp³-hybridized carbons (Fsp3) is 0.467. The van der Waals surface area contributed by atoms with Gasteiger partial charge in [-0.05, 0) is 11.6 Å². The predicted molar refractivity (Wildman–Crippen MR) is 77.7 cm³/mol. The van der Waals surface area contributed by atoms with E-state index in [-0.39, 0.29) is 11.1 Å². The molecule has 8 nitrogen and oxygen atoms in total. The lowest BCUT2D eigenvalue weighted by atomic mass is 9.87. The molecule has 8 heteroatoms. The lowest BCUT2D eigenvalue weighted by Crippen LogP contribution is -2.60. The molecule has 0 spiro atoms. The van der Waals surface area contributed by atoms with Gasteiger partial charge in [-0.2, -0.15) is 0 Å². The number of ether oxygens (including phenoxy) is 1. The van der Waals surface area contributed by atoms with Gasteiger partial charge in [0.05, 0.1) is 18.2 Å². The normalized spacial score (nSPS) is 30.7. The molecule has 0 radical (unpaired) electrons. The van der Waals surface area contributed by atoms with Crippen molar-refractivity contribution in [3.63, 3.8) is 0 Å². The number of nitrogens with one attached hydrogen (secondary N) is 1. The van der Waals surface area contributed by atoms with E-state index in [1.54, 1.807) is 6.07 Å². The van der Waals surface area contributed by atoms with Gasteiger partial charge < -0.3 is 30.5 Å². The fourth-order valence-electron chi connectivity index (χ4n) is 2.72. The van der Waals surface area contributed by atoms with Crippen LogP contribution in [-0.4, -0.2) is 63.3 Å². The summed E-state index contributed by atoms with van der Waals surface area (Å²) < 4.78 is 5.57. The molecular formula is C15H19NO7. The number of hydrogen-bond donors (Lipinski definition) is 5. The molecular weight excluding hydrogens is 306 g/mol. The number of rotatable bonds is 4. The Kier molecular flexibility index (Phi) is 5.32. The van der Waals surface area contributed by atoms with Crippen LogP contribution in [0.4, 0.5) is 0 Å². The zero-order valence-electron chi connectivity index (χ0n) is 12.4. The molecule has 1 saturated heterocycles. The van der Waals surface area contributed by atoms with E-state index in [9.17, 15) is 30.0 Å². The topological polar surface area (TPSA) is 136 Å². The Balaban J connectivity index is 2.46. The lowest BCUT2D eigenvalue weighted by molar-refractivity contribution is -0.197. The molecule has 2 rings (SSSR count). The highest BCUT2D eigenvalue weighted by Gasteiger charge is 2.46. The summed E-state index contributed by atoms with van der Waals surface area (Å²) in [4.78, 5) is 22.8. The van der Waals surface area contributed by atoms with Crippen LogP contribution in [0.1, 0.15) is 28.9 Å². The molecule has 1 amide bonds. The molecule has 1 unspecified atom stereocenters. The largest absolute Gasteiger partial charge is 0.478 e. The van der Waals surface area contributed by atoms with Crippen LogP contribution in [0.15, 0.2) is 24.3 Å². The summed E-state index contributed by atoms with van der Waals surface area (Å²) in [7, 11) is 0. The van der Waals surface area contributed by atoms with Crippen LogP contribution in [0, 0.1) is 0 Å². The van der Waals surface area contributed by atoms with Gasteiger partial charge in [0.15, 0.2) is 0 Å². The highest BCUT2D eigenvalue weighted by Crippen LogP contribution is 2.34. The second kappa shape index (κ2) is 7.05. The van der Waals surface area contributed by atoms with Gasteiger partial charge in [0.1, 0.15) is 24.4 Å². The number of carboxylic acids is 1. The third kappa shape index (κ3) is 3.50. The van der Waals surface area contributed by atoms with Gasteiger partial charge in [0.25, 0.3) is 0 Å². The highest BCUT2D eigenvalue weighted by atomic mass is 16.5. The van der Waals surface area contributed by atoms with Crippen molar-refractivity contribution < 1.29 is 34.8 Å². The van der Waals surface area contributed by atoms with E-state index in [1.807, 2.05) is 0 Å². The molecule has 5 N–H and O–H groups in total. The number of aromatic carboxylic acids is 1. The standard InChI is InChI=1S/C15H19NO7/c1-7(18)16-11-13(20)12(19)10(6-17)23-14(11)8-4-2-3-5-9(8)15(21)22/h2-5,10-14,17,19-20H,6H2,1H3,(H,16,18)(H,21,22)/t10-,11-,12-,13-,14?/m1/s1. The van der Waals surface area contributed by atoms with Crippen molar-refractivity contribution in [1.82, 2.24) is 5.32 Å². The summed E-state index contributed by atoms with van der Waals surface area (Å²) in [6, 6.07) is 4.96. The number of aliphatic hydroxyl groups excluding tert-OH is 3. The SMILES string of the molecule is CC(=O)N[C@H]1C(c2ccccc2C(=O)O)O[C@H](CO)[C@@H](O)[C@@H]1O. The number of benzene rings is 1. The summed E-state index contributed by atoms with van der Waals surface area (Å²) in [5.41, 5.74) is 0.191. The molecule has 5 atom stereocenters. The first-order chi connectivity index (χ1) is 10.9. The van der Waals surface area contributed by atoms with Crippen molar-refractivity contribution >= 4 is 11.9 Å². The van der Waals surface area contributed by atoms with E-state index in [0.717, 1.165) is 0 Å². The van der Waals surface area contributed by atoms with E-state index in [4.69, 9.17) is 4.74 Å². The minimum atomic E-state index is -1.42. The molecule has 1 aliphatic heterocycles. The Morgan fingerprint density at radius 2 is 1.87 bits per heavy atom. The Morgan fingerprint density at radius 3 is 2.43 bits per heavy atom. The first kappa shape index (κ1) is 17.4. The van der Waals surface area contributed by atoms with E-state index >= 15 is 0 Å². The smallest absolute Gasteiger partial charge is 0.336 e. The van der Waals surface area contributed by atoms with Crippen molar-refractivity contribution in [2.75, 3.05) is 6.61 Å². The van der Waals surface area contributed by atoms with E-state index < -0.39 is 48.9 Å². The van der Waals surface area contributed by atoms with E-state index in [1.165, 1.54) is 25.1 Å². The molecule has 1 aromatic rings. The van der Waals surface area contributed by atoms with Crippen LogP contribution in [0.3, 0.4) is 0 Å². The summed E-state index contributed by atoms with van der Waals surface area (Å²) >= 11 is 0. The first-order valence-electron chi connectivity index (χ1n) is 7.08. The Labute approximate surface area is 132 Å². The maximum atomic E-state index is 11.4. The molecule has 0 aromatic heterocycles. The predicted octanol–water partition coefficient (Wildman–Crippen LogP) is -0.956. The number of hydrogen-bond acceptors (Lipinski definition) is 6. The van der Waals surface area contributed by atoms with Crippen molar-refractivity contribution in [3.05, 3.63) is 35.4 Å². The zero-order valence-corrected chi connectivity index (χ0v) is 12.4. The van der Waals surface area contributed by atoms with Crippen molar-refractivity contribution in [3.8, 4) is 0 Å². The fourth-order valence-corrected chi connectivity index (χ4v) is 2.72. The third-order valence-corrected chi connectivity index (χ3v) is 3.79. The molecule has 1 fully saturated rings. The average Bonchev–Trinajstić information content (AvgIpc) is 2.52. The number of amides is 1. The minimum Gasteiger partial charge on any atom is -0.478 e. The number of carbonyl (C=O) groups excluding carboxylic acids is 1. The van der Waals surface area contributed by atoms with Crippen molar-refractivity contribution in [2.45, 2.75) is 37.4 Å². The molecule has 23 heavy (non-hydrogen) atoms. The third-order valence-electron chi connectivity index (χ3n) is 3.79. The van der Waals surface area contributed by atoms with Crippen LogP contribution >= 0.6 is 0 Å². The first-order valence-corrected chi connectivity index (χ1v) is 7.08. The Hall–Kier alpha value is -2.00. The Morgan fingerprint density at radius 1 is 1.22 bits per heavy atom. The molecule has 0 bridgehead atoms. The Bertz CT molecular complexity index is 591. The van der Waals surface area contributed by atoms with Crippen LogP contribution in [0.2, 0.25) is 0 Å². The van der Waals surface area contributed by atoms with Crippen LogP contribution in [0.5, 0.6) is 0 Å². The quantitative estimate of drug-likeness (QED) is 0.481. The van der Waals surface area contributed by atoms with Gasteiger partial charge in [0.2, 0.25) is 5.91 Å². The highest BCUT2D eigenvalue weighted by molar-refractivity contribution is 5.89. The van der Waals surface area contributed by atoms with E-state index in [2.05, 4.69) is 5.32 Å². The molecule has 1 aliphatic rings. The average molecular weight is 325 g/mol. The summed E-state index contributed by atoms with van der Waals surface area (Å²) in [5.74, 6) is -1.66. The van der Waals surface area contributed by atoms with E-state index in [0.29, 0.717) is 0 Å². The minimum absolute atomic E-state index is 0.0480. The van der Waals surface area contributed by atoms with Gasteiger partial charge in [-0.15, -0.1) is 0 Å². The zero-order chi connectivity index (χ0) is 17.1.